The fourth-order valence-electron chi connectivity index (χ4n) is 2.37. The molecule has 0 unspecified atom stereocenters. The first-order valence-corrected chi connectivity index (χ1v) is 6.61. The molecular formula is C16H13F3O3. The molecule has 0 aromatic heterocycles. The van der Waals surface area contributed by atoms with Crippen molar-refractivity contribution in [3.8, 4) is 16.9 Å². The molecule has 3 rings (SSSR count). The van der Waals surface area contributed by atoms with Gasteiger partial charge in [0.15, 0.2) is 0 Å². The van der Waals surface area contributed by atoms with Crippen LogP contribution in [0.25, 0.3) is 11.1 Å². The quantitative estimate of drug-likeness (QED) is 0.895. The number of halogens is 3. The number of hydrogen-bond acceptors (Lipinski definition) is 3. The van der Waals surface area contributed by atoms with Crippen LogP contribution >= 0.6 is 0 Å². The minimum absolute atomic E-state index is 0.220. The van der Waals surface area contributed by atoms with Gasteiger partial charge in [-0.3, -0.25) is 0 Å². The molecule has 1 aliphatic rings. The van der Waals surface area contributed by atoms with Gasteiger partial charge in [-0.05, 0) is 23.3 Å². The van der Waals surface area contributed by atoms with Crippen LogP contribution in [0.3, 0.4) is 0 Å². The second-order valence-electron chi connectivity index (χ2n) is 5.33. The third kappa shape index (κ3) is 2.55. The summed E-state index contributed by atoms with van der Waals surface area (Å²) in [5.41, 5.74) is -0.351. The van der Waals surface area contributed by atoms with E-state index in [1.807, 2.05) is 0 Å². The molecule has 6 heteroatoms. The number of phenols is 1. The van der Waals surface area contributed by atoms with Gasteiger partial charge in [0.1, 0.15) is 11.4 Å². The number of aliphatic hydroxyl groups is 1. The van der Waals surface area contributed by atoms with Gasteiger partial charge in [0.2, 0.25) is 0 Å². The predicted octanol–water partition coefficient (Wildman–Crippen LogP) is 3.30. The number of phenolic OH excluding ortho intramolecular Hbond substituents is 1. The average molecular weight is 310 g/mol. The van der Waals surface area contributed by atoms with E-state index in [2.05, 4.69) is 0 Å². The maximum Gasteiger partial charge on any atom is 0.416 e. The monoisotopic (exact) mass is 310 g/mol. The molecule has 0 aliphatic carbocycles. The van der Waals surface area contributed by atoms with Crippen molar-refractivity contribution in [3.05, 3.63) is 53.6 Å². The highest BCUT2D eigenvalue weighted by molar-refractivity contribution is 5.71. The Bertz CT molecular complexity index is 689. The Morgan fingerprint density at radius 2 is 1.64 bits per heavy atom. The lowest BCUT2D eigenvalue weighted by Crippen LogP contribution is -2.46. The van der Waals surface area contributed by atoms with Gasteiger partial charge in [-0.1, -0.05) is 30.3 Å². The Hall–Kier alpha value is -2.05. The molecule has 0 spiro atoms. The van der Waals surface area contributed by atoms with Crippen molar-refractivity contribution >= 4 is 0 Å². The van der Waals surface area contributed by atoms with Crippen LogP contribution in [0.15, 0.2) is 42.5 Å². The van der Waals surface area contributed by atoms with Crippen molar-refractivity contribution < 1.29 is 28.1 Å². The van der Waals surface area contributed by atoms with Crippen molar-refractivity contribution in [2.24, 2.45) is 0 Å². The molecule has 0 bridgehead atoms. The molecule has 1 aliphatic heterocycles. The van der Waals surface area contributed by atoms with Gasteiger partial charge in [-0.25, -0.2) is 0 Å². The molecule has 0 atom stereocenters. The zero-order valence-electron chi connectivity index (χ0n) is 11.4. The zero-order valence-corrected chi connectivity index (χ0v) is 11.4. The average Bonchev–Trinajstić information content (AvgIpc) is 2.44. The fourth-order valence-corrected chi connectivity index (χ4v) is 2.37. The van der Waals surface area contributed by atoms with Crippen molar-refractivity contribution in [1.82, 2.24) is 0 Å². The Labute approximate surface area is 124 Å². The third-order valence-electron chi connectivity index (χ3n) is 3.74. The van der Waals surface area contributed by atoms with Crippen molar-refractivity contribution in [2.45, 2.75) is 11.8 Å². The van der Waals surface area contributed by atoms with Crippen LogP contribution in [0.1, 0.15) is 11.1 Å². The number of rotatable bonds is 2. The SMILES string of the molecule is Oc1cc(C(F)(F)F)ccc1-c1ccc(C2(O)COC2)cc1. The standard InChI is InChI=1S/C16H13F3O3/c17-16(18,19)12-5-6-13(14(20)7-12)10-1-3-11(4-2-10)15(21)8-22-9-15/h1-7,20-21H,8-9H2. The summed E-state index contributed by atoms with van der Waals surface area (Å²) in [6, 6.07) is 9.51. The summed E-state index contributed by atoms with van der Waals surface area (Å²) in [5, 5.41) is 19.9. The molecule has 1 fully saturated rings. The molecule has 0 amide bonds. The molecule has 1 heterocycles. The molecule has 3 nitrogen and oxygen atoms in total. The molecular weight excluding hydrogens is 297 g/mol. The van der Waals surface area contributed by atoms with Crippen molar-refractivity contribution in [3.63, 3.8) is 0 Å². The number of ether oxygens (including phenoxy) is 1. The normalized spacial score (nSPS) is 17.1. The Morgan fingerprint density at radius 1 is 1.00 bits per heavy atom. The summed E-state index contributed by atoms with van der Waals surface area (Å²) in [6.45, 7) is 0.440. The van der Waals surface area contributed by atoms with E-state index in [0.717, 1.165) is 6.07 Å². The largest absolute Gasteiger partial charge is 0.507 e. The molecule has 116 valence electrons. The van der Waals surface area contributed by atoms with Gasteiger partial charge in [0.05, 0.1) is 18.8 Å². The van der Waals surface area contributed by atoms with Gasteiger partial charge in [0, 0.05) is 5.56 Å². The van der Waals surface area contributed by atoms with Crippen LogP contribution in [-0.2, 0) is 16.5 Å². The van der Waals surface area contributed by atoms with Gasteiger partial charge in [-0.2, -0.15) is 13.2 Å². The van der Waals surface area contributed by atoms with Crippen LogP contribution in [0.5, 0.6) is 5.75 Å². The first kappa shape index (κ1) is 14.9. The van der Waals surface area contributed by atoms with Crippen molar-refractivity contribution in [2.75, 3.05) is 13.2 Å². The summed E-state index contributed by atoms with van der Waals surface area (Å²) < 4.78 is 42.7. The fraction of sp³-hybridized carbons (Fsp3) is 0.250. The highest BCUT2D eigenvalue weighted by Crippen LogP contribution is 2.37. The lowest BCUT2D eigenvalue weighted by molar-refractivity contribution is -0.184. The van der Waals surface area contributed by atoms with Crippen molar-refractivity contribution in [1.29, 1.82) is 0 Å². The highest BCUT2D eigenvalue weighted by Gasteiger charge is 2.37. The summed E-state index contributed by atoms with van der Waals surface area (Å²) in [4.78, 5) is 0. The summed E-state index contributed by atoms with van der Waals surface area (Å²) >= 11 is 0. The third-order valence-corrected chi connectivity index (χ3v) is 3.74. The maximum absolute atomic E-state index is 12.6. The smallest absolute Gasteiger partial charge is 0.416 e. The second kappa shape index (κ2) is 5.00. The van der Waals surface area contributed by atoms with E-state index < -0.39 is 23.1 Å². The molecule has 22 heavy (non-hydrogen) atoms. The Morgan fingerprint density at radius 3 is 2.09 bits per heavy atom. The minimum atomic E-state index is -4.49. The Balaban J connectivity index is 1.91. The van der Waals surface area contributed by atoms with Crippen LogP contribution in [-0.4, -0.2) is 23.4 Å². The van der Waals surface area contributed by atoms with E-state index >= 15 is 0 Å². The second-order valence-corrected chi connectivity index (χ2v) is 5.33. The van der Waals surface area contributed by atoms with Gasteiger partial charge in [-0.15, -0.1) is 0 Å². The molecule has 0 saturated carbocycles. The van der Waals surface area contributed by atoms with E-state index in [1.54, 1.807) is 24.3 Å². The van der Waals surface area contributed by atoms with Crippen LogP contribution in [0.2, 0.25) is 0 Å². The van der Waals surface area contributed by atoms with Gasteiger partial charge < -0.3 is 14.9 Å². The molecule has 0 radical (unpaired) electrons. The van der Waals surface area contributed by atoms with Gasteiger partial charge >= 0.3 is 6.18 Å². The summed E-state index contributed by atoms with van der Waals surface area (Å²) in [5.74, 6) is -0.437. The molecule has 2 N–H and O–H groups in total. The van der Waals surface area contributed by atoms with E-state index in [4.69, 9.17) is 4.74 Å². The van der Waals surface area contributed by atoms with E-state index in [1.165, 1.54) is 6.07 Å². The number of benzene rings is 2. The number of alkyl halides is 3. The summed E-state index contributed by atoms with van der Waals surface area (Å²) in [6.07, 6.45) is -4.49. The first-order chi connectivity index (χ1) is 10.3. The Kier molecular flexibility index (Phi) is 3.38. The molecule has 2 aromatic carbocycles. The number of hydrogen-bond donors (Lipinski definition) is 2. The van der Waals surface area contributed by atoms with Crippen LogP contribution < -0.4 is 0 Å². The van der Waals surface area contributed by atoms with E-state index in [-0.39, 0.29) is 13.2 Å². The minimum Gasteiger partial charge on any atom is -0.507 e. The predicted molar refractivity (Wildman–Crippen MR) is 73.3 cm³/mol. The summed E-state index contributed by atoms with van der Waals surface area (Å²) in [7, 11) is 0. The molecule has 1 saturated heterocycles. The van der Waals surface area contributed by atoms with E-state index in [9.17, 15) is 23.4 Å². The molecule has 2 aromatic rings. The van der Waals surface area contributed by atoms with Crippen LogP contribution in [0.4, 0.5) is 13.2 Å². The van der Waals surface area contributed by atoms with Gasteiger partial charge in [0.25, 0.3) is 0 Å². The maximum atomic E-state index is 12.6. The number of aromatic hydroxyl groups is 1. The topological polar surface area (TPSA) is 49.7 Å². The lowest BCUT2D eigenvalue weighted by atomic mass is 9.90. The lowest BCUT2D eigenvalue weighted by Gasteiger charge is -2.36. The first-order valence-electron chi connectivity index (χ1n) is 6.61. The van der Waals surface area contributed by atoms with E-state index in [0.29, 0.717) is 22.8 Å². The van der Waals surface area contributed by atoms with Crippen LogP contribution in [0, 0.1) is 0 Å². The highest BCUT2D eigenvalue weighted by atomic mass is 19.4. The zero-order chi connectivity index (χ0) is 16.0.